The van der Waals surface area contributed by atoms with E-state index in [1.54, 1.807) is 0 Å². The number of hydrogen-bond donors (Lipinski definition) is 1. The first-order valence-electron chi connectivity index (χ1n) is 6.36. The first kappa shape index (κ1) is 13.5. The molecule has 0 aliphatic carbocycles. The fourth-order valence-corrected chi connectivity index (χ4v) is 2.19. The lowest BCUT2D eigenvalue weighted by Gasteiger charge is -2.35. The molecule has 1 aliphatic rings. The number of likely N-dealkylation sites (tertiary alicyclic amines) is 1. The molecule has 0 aromatic carbocycles. The molecule has 0 spiro atoms. The number of carbonyl (C=O) groups excluding carboxylic acids is 1. The number of nitrogens with zero attached hydrogens (tertiary/aromatic N) is 1. The van der Waals surface area contributed by atoms with Crippen molar-refractivity contribution in [2.75, 3.05) is 26.3 Å². The van der Waals surface area contributed by atoms with Crippen LogP contribution in [0.2, 0.25) is 0 Å². The Hall–Kier alpha value is -0.610. The molecule has 1 heterocycles. The fraction of sp³-hybridized carbons (Fsp3) is 0.917. The summed E-state index contributed by atoms with van der Waals surface area (Å²) in [5, 5.41) is 0. The number of rotatable bonds is 6. The van der Waals surface area contributed by atoms with E-state index in [1.165, 1.54) is 6.42 Å². The molecule has 0 saturated carbocycles. The predicted octanol–water partition coefficient (Wildman–Crippen LogP) is 1.14. The molecule has 0 aromatic heterocycles. The largest absolute Gasteiger partial charge is 0.382 e. The highest BCUT2D eigenvalue weighted by Crippen LogP contribution is 2.17. The normalized spacial score (nSPS) is 21.1. The first-order chi connectivity index (χ1) is 7.79. The Bertz CT molecular complexity index is 209. The van der Waals surface area contributed by atoms with Crippen molar-refractivity contribution in [2.24, 2.45) is 5.73 Å². The molecule has 0 bridgehead atoms. The molecule has 0 aromatic rings. The number of ether oxygens (including phenoxy) is 1. The van der Waals surface area contributed by atoms with Crippen molar-refractivity contribution in [2.45, 2.75) is 45.1 Å². The first-order valence-corrected chi connectivity index (χ1v) is 6.36. The molecule has 0 radical (unpaired) electrons. The van der Waals surface area contributed by atoms with Crippen molar-refractivity contribution < 1.29 is 9.53 Å². The van der Waals surface area contributed by atoms with E-state index < -0.39 is 0 Å². The molecule has 16 heavy (non-hydrogen) atoms. The van der Waals surface area contributed by atoms with Crippen LogP contribution in [0.4, 0.5) is 0 Å². The van der Waals surface area contributed by atoms with Crippen LogP contribution < -0.4 is 5.73 Å². The van der Waals surface area contributed by atoms with Gasteiger partial charge in [-0.05, 0) is 32.6 Å². The molecule has 1 amide bonds. The topological polar surface area (TPSA) is 55.6 Å². The van der Waals surface area contributed by atoms with Gasteiger partial charge in [0.15, 0.2) is 0 Å². The maximum atomic E-state index is 11.9. The SMILES string of the molecule is CCOCCCC(=O)N1CCCCC1CN. The third kappa shape index (κ3) is 4.10. The zero-order valence-electron chi connectivity index (χ0n) is 10.3. The summed E-state index contributed by atoms with van der Waals surface area (Å²) in [7, 11) is 0. The molecule has 1 aliphatic heterocycles. The summed E-state index contributed by atoms with van der Waals surface area (Å²) in [6, 6.07) is 0.272. The Morgan fingerprint density at radius 3 is 3.00 bits per heavy atom. The van der Waals surface area contributed by atoms with Gasteiger partial charge in [-0.1, -0.05) is 0 Å². The van der Waals surface area contributed by atoms with E-state index >= 15 is 0 Å². The van der Waals surface area contributed by atoms with Gasteiger partial charge >= 0.3 is 0 Å². The number of piperidine rings is 1. The third-order valence-corrected chi connectivity index (χ3v) is 3.10. The van der Waals surface area contributed by atoms with Crippen molar-refractivity contribution >= 4 is 5.91 Å². The van der Waals surface area contributed by atoms with Gasteiger partial charge in [0, 0.05) is 38.8 Å². The molecule has 1 atom stereocenters. The van der Waals surface area contributed by atoms with Crippen LogP contribution in [-0.4, -0.2) is 43.2 Å². The molecule has 2 N–H and O–H groups in total. The third-order valence-electron chi connectivity index (χ3n) is 3.10. The lowest BCUT2D eigenvalue weighted by Crippen LogP contribution is -2.47. The summed E-state index contributed by atoms with van der Waals surface area (Å²) in [4.78, 5) is 13.9. The average molecular weight is 228 g/mol. The summed E-state index contributed by atoms with van der Waals surface area (Å²) in [5.41, 5.74) is 5.69. The van der Waals surface area contributed by atoms with E-state index in [2.05, 4.69) is 0 Å². The number of nitrogens with two attached hydrogens (primary N) is 1. The summed E-state index contributed by atoms with van der Waals surface area (Å²) in [5.74, 6) is 0.245. The highest BCUT2D eigenvalue weighted by Gasteiger charge is 2.24. The van der Waals surface area contributed by atoms with E-state index in [0.29, 0.717) is 19.6 Å². The molecule has 1 saturated heterocycles. The average Bonchev–Trinajstić information content (AvgIpc) is 2.34. The monoisotopic (exact) mass is 228 g/mol. The van der Waals surface area contributed by atoms with E-state index in [4.69, 9.17) is 10.5 Å². The molecule has 1 fully saturated rings. The summed E-state index contributed by atoms with van der Waals surface area (Å²) in [6.07, 6.45) is 4.79. The van der Waals surface area contributed by atoms with E-state index in [9.17, 15) is 4.79 Å². The van der Waals surface area contributed by atoms with Crippen LogP contribution in [0.15, 0.2) is 0 Å². The minimum atomic E-state index is 0.245. The maximum Gasteiger partial charge on any atom is 0.222 e. The predicted molar refractivity (Wildman–Crippen MR) is 64.1 cm³/mol. The van der Waals surface area contributed by atoms with Crippen LogP contribution in [-0.2, 0) is 9.53 Å². The van der Waals surface area contributed by atoms with Crippen LogP contribution in [0.1, 0.15) is 39.0 Å². The molecule has 1 rings (SSSR count). The minimum Gasteiger partial charge on any atom is -0.382 e. The summed E-state index contributed by atoms with van der Waals surface area (Å²) in [6.45, 7) is 4.86. The molecular formula is C12H24N2O2. The van der Waals surface area contributed by atoms with Crippen molar-refractivity contribution in [3.05, 3.63) is 0 Å². The van der Waals surface area contributed by atoms with Gasteiger partial charge in [0.05, 0.1) is 0 Å². The highest BCUT2D eigenvalue weighted by atomic mass is 16.5. The zero-order chi connectivity index (χ0) is 11.8. The van der Waals surface area contributed by atoms with Gasteiger partial charge in [-0.15, -0.1) is 0 Å². The Balaban J connectivity index is 2.27. The minimum absolute atomic E-state index is 0.245. The van der Waals surface area contributed by atoms with Crippen LogP contribution in [0.5, 0.6) is 0 Å². The van der Waals surface area contributed by atoms with Gasteiger partial charge in [-0.2, -0.15) is 0 Å². The Morgan fingerprint density at radius 1 is 1.50 bits per heavy atom. The van der Waals surface area contributed by atoms with Crippen molar-refractivity contribution in [3.8, 4) is 0 Å². The van der Waals surface area contributed by atoms with E-state index in [0.717, 1.165) is 32.4 Å². The number of carbonyl (C=O) groups is 1. The Morgan fingerprint density at radius 2 is 2.31 bits per heavy atom. The van der Waals surface area contributed by atoms with E-state index in [1.807, 2.05) is 11.8 Å². The fourth-order valence-electron chi connectivity index (χ4n) is 2.19. The molecule has 1 unspecified atom stereocenters. The molecular weight excluding hydrogens is 204 g/mol. The lowest BCUT2D eigenvalue weighted by atomic mass is 10.0. The van der Waals surface area contributed by atoms with Crippen LogP contribution in [0.25, 0.3) is 0 Å². The standard InChI is InChI=1S/C12H24N2O2/c1-2-16-9-5-7-12(15)14-8-4-3-6-11(14)10-13/h11H,2-10,13H2,1H3. The second kappa shape index (κ2) is 7.63. The zero-order valence-corrected chi connectivity index (χ0v) is 10.3. The van der Waals surface area contributed by atoms with Crippen LogP contribution >= 0.6 is 0 Å². The van der Waals surface area contributed by atoms with Crippen LogP contribution in [0, 0.1) is 0 Å². The van der Waals surface area contributed by atoms with Crippen molar-refractivity contribution in [3.63, 3.8) is 0 Å². The van der Waals surface area contributed by atoms with Gasteiger partial charge in [-0.25, -0.2) is 0 Å². The number of hydrogen-bond acceptors (Lipinski definition) is 3. The Kier molecular flexibility index (Phi) is 6.42. The summed E-state index contributed by atoms with van der Waals surface area (Å²) < 4.78 is 5.23. The van der Waals surface area contributed by atoms with Crippen molar-refractivity contribution in [1.29, 1.82) is 0 Å². The second-order valence-electron chi connectivity index (χ2n) is 4.27. The number of amides is 1. The van der Waals surface area contributed by atoms with Gasteiger partial charge in [0.1, 0.15) is 0 Å². The second-order valence-corrected chi connectivity index (χ2v) is 4.27. The Labute approximate surface area is 98.1 Å². The van der Waals surface area contributed by atoms with Crippen molar-refractivity contribution in [1.82, 2.24) is 4.90 Å². The van der Waals surface area contributed by atoms with Gasteiger partial charge in [-0.3, -0.25) is 4.79 Å². The highest BCUT2D eigenvalue weighted by molar-refractivity contribution is 5.76. The van der Waals surface area contributed by atoms with Crippen LogP contribution in [0.3, 0.4) is 0 Å². The van der Waals surface area contributed by atoms with Gasteiger partial charge in [0.2, 0.25) is 5.91 Å². The smallest absolute Gasteiger partial charge is 0.222 e. The molecule has 4 heteroatoms. The molecule has 94 valence electrons. The summed E-state index contributed by atoms with van der Waals surface area (Å²) >= 11 is 0. The lowest BCUT2D eigenvalue weighted by molar-refractivity contribution is -0.135. The molecule has 4 nitrogen and oxygen atoms in total. The quantitative estimate of drug-likeness (QED) is 0.694. The van der Waals surface area contributed by atoms with Gasteiger partial charge < -0.3 is 15.4 Å². The van der Waals surface area contributed by atoms with E-state index in [-0.39, 0.29) is 11.9 Å². The van der Waals surface area contributed by atoms with Gasteiger partial charge in [0.25, 0.3) is 0 Å². The maximum absolute atomic E-state index is 11.9.